The number of morpholine rings is 1. The maximum absolute atomic E-state index is 13.9. The van der Waals surface area contributed by atoms with E-state index in [4.69, 9.17) is 28.1 Å². The van der Waals surface area contributed by atoms with Crippen molar-refractivity contribution in [3.8, 4) is 17.2 Å². The predicted octanol–water partition coefficient (Wildman–Crippen LogP) is 2.25. The largest absolute Gasteiger partial charge is 0.493 e. The van der Waals surface area contributed by atoms with Crippen LogP contribution in [0.5, 0.6) is 17.2 Å². The maximum atomic E-state index is 13.9. The van der Waals surface area contributed by atoms with Crippen LogP contribution in [0.4, 0.5) is 5.88 Å². The summed E-state index contributed by atoms with van der Waals surface area (Å²) in [7, 11) is 4.53. The summed E-state index contributed by atoms with van der Waals surface area (Å²) in [5.41, 5.74) is 0.966. The molecule has 0 aliphatic carbocycles. The van der Waals surface area contributed by atoms with Gasteiger partial charge in [0.15, 0.2) is 22.2 Å². The van der Waals surface area contributed by atoms with Crippen molar-refractivity contribution in [1.82, 2.24) is 4.57 Å². The van der Waals surface area contributed by atoms with E-state index in [1.807, 2.05) is 12.1 Å². The van der Waals surface area contributed by atoms with E-state index in [0.29, 0.717) is 56.8 Å². The molecule has 0 amide bonds. The standard InChI is InChI=1S/C28H31N3O8S/c1-6-38-27(33)23-16(2)29-28-31(24(23)17-13-19(34-3)25(36-5)20(14-17)35-4)26(32)21(40-28)15-18-7-8-22(39-18)30-9-11-37-12-10-30/h7-8,13-15,24H,6,9-12H2,1-5H3/b21-15-/t24-/m0/s1. The molecule has 1 saturated heterocycles. The number of methoxy groups -OCH3 is 3. The number of hydrogen-bond acceptors (Lipinski definition) is 11. The number of rotatable bonds is 8. The highest BCUT2D eigenvalue weighted by Gasteiger charge is 2.34. The monoisotopic (exact) mass is 569 g/mol. The molecule has 5 rings (SSSR count). The normalized spacial score (nSPS) is 17.4. The third kappa shape index (κ3) is 5.00. The molecular weight excluding hydrogens is 538 g/mol. The van der Waals surface area contributed by atoms with Crippen LogP contribution in [0.25, 0.3) is 6.08 Å². The van der Waals surface area contributed by atoms with E-state index in [-0.39, 0.29) is 17.7 Å². The molecule has 12 heteroatoms. The first-order valence-electron chi connectivity index (χ1n) is 12.8. The van der Waals surface area contributed by atoms with Crippen LogP contribution in [0, 0.1) is 0 Å². The number of fused-ring (bicyclic) bond motifs is 1. The molecule has 1 atom stereocenters. The number of carbonyl (C=O) groups is 1. The second-order valence-corrected chi connectivity index (χ2v) is 10.0. The zero-order valence-electron chi connectivity index (χ0n) is 23.0. The van der Waals surface area contributed by atoms with E-state index >= 15 is 0 Å². The van der Waals surface area contributed by atoms with Crippen molar-refractivity contribution in [3.63, 3.8) is 0 Å². The highest BCUT2D eigenvalue weighted by Crippen LogP contribution is 2.42. The molecule has 2 aromatic heterocycles. The average molecular weight is 570 g/mol. The second kappa shape index (κ2) is 11.6. The number of aromatic nitrogens is 1. The van der Waals surface area contributed by atoms with Gasteiger partial charge in [-0.05, 0) is 37.6 Å². The van der Waals surface area contributed by atoms with E-state index in [2.05, 4.69) is 9.89 Å². The van der Waals surface area contributed by atoms with Gasteiger partial charge in [-0.15, -0.1) is 0 Å². The lowest BCUT2D eigenvalue weighted by atomic mass is 9.95. The molecule has 1 fully saturated rings. The number of carbonyl (C=O) groups excluding carboxylic acids is 1. The van der Waals surface area contributed by atoms with Gasteiger partial charge in [-0.2, -0.15) is 0 Å². The van der Waals surface area contributed by atoms with Gasteiger partial charge in [0.2, 0.25) is 5.75 Å². The number of benzene rings is 1. The van der Waals surface area contributed by atoms with Crippen LogP contribution < -0.4 is 34.0 Å². The van der Waals surface area contributed by atoms with Gasteiger partial charge < -0.3 is 33.0 Å². The van der Waals surface area contributed by atoms with Crippen LogP contribution in [-0.4, -0.2) is 64.8 Å². The fourth-order valence-electron chi connectivity index (χ4n) is 4.87. The molecule has 0 radical (unpaired) electrons. The van der Waals surface area contributed by atoms with Crippen molar-refractivity contribution in [2.75, 3.05) is 59.1 Å². The van der Waals surface area contributed by atoms with E-state index in [0.717, 1.165) is 19.0 Å². The van der Waals surface area contributed by atoms with Gasteiger partial charge in [0.05, 0.1) is 63.0 Å². The van der Waals surface area contributed by atoms with Crippen molar-refractivity contribution >= 4 is 29.3 Å². The molecule has 0 N–H and O–H groups in total. The summed E-state index contributed by atoms with van der Waals surface area (Å²) in [5, 5.41) is 0. The molecule has 0 saturated carbocycles. The summed E-state index contributed by atoms with van der Waals surface area (Å²) in [6.45, 7) is 6.38. The highest BCUT2D eigenvalue weighted by molar-refractivity contribution is 7.07. The molecule has 0 unspecified atom stereocenters. The van der Waals surface area contributed by atoms with Crippen molar-refractivity contribution in [1.29, 1.82) is 0 Å². The zero-order valence-corrected chi connectivity index (χ0v) is 23.8. The van der Waals surface area contributed by atoms with Crippen LogP contribution >= 0.6 is 11.3 Å². The maximum Gasteiger partial charge on any atom is 0.338 e. The topological polar surface area (TPSA) is 114 Å². The van der Waals surface area contributed by atoms with Gasteiger partial charge in [0.1, 0.15) is 5.76 Å². The first-order valence-corrected chi connectivity index (χ1v) is 13.6. The lowest BCUT2D eigenvalue weighted by molar-refractivity contribution is -0.139. The first-order chi connectivity index (χ1) is 19.4. The molecule has 4 heterocycles. The Morgan fingerprint density at radius 2 is 1.82 bits per heavy atom. The summed E-state index contributed by atoms with van der Waals surface area (Å²) >= 11 is 1.22. The fraction of sp³-hybridized carbons (Fsp3) is 0.393. The van der Waals surface area contributed by atoms with E-state index in [9.17, 15) is 9.59 Å². The smallest absolute Gasteiger partial charge is 0.338 e. The van der Waals surface area contributed by atoms with E-state index in [1.54, 1.807) is 32.1 Å². The second-order valence-electron chi connectivity index (χ2n) is 9.04. The third-order valence-corrected chi connectivity index (χ3v) is 7.71. The number of anilines is 1. The Hall–Kier alpha value is -4.03. The molecule has 3 aromatic rings. The van der Waals surface area contributed by atoms with Gasteiger partial charge in [0.25, 0.3) is 5.56 Å². The molecule has 40 heavy (non-hydrogen) atoms. The number of furan rings is 1. The van der Waals surface area contributed by atoms with Crippen LogP contribution in [0.1, 0.15) is 31.2 Å². The summed E-state index contributed by atoms with van der Waals surface area (Å²) in [4.78, 5) is 34.3. The fourth-order valence-corrected chi connectivity index (χ4v) is 5.90. The first kappa shape index (κ1) is 27.5. The minimum Gasteiger partial charge on any atom is -0.493 e. The molecule has 2 aliphatic rings. The number of thiazole rings is 1. The van der Waals surface area contributed by atoms with E-state index in [1.165, 1.54) is 37.2 Å². The SMILES string of the molecule is CCOC(=O)C1=C(C)N=c2s/c(=C\c3ccc(N4CCOCC4)o3)c(=O)n2[C@H]1c1cc(OC)c(OC)c(OC)c1. The van der Waals surface area contributed by atoms with Gasteiger partial charge in [0, 0.05) is 25.2 Å². The Kier molecular flexibility index (Phi) is 7.99. The highest BCUT2D eigenvalue weighted by atomic mass is 32.1. The van der Waals surface area contributed by atoms with Crippen molar-refractivity contribution < 1.29 is 32.9 Å². The lowest BCUT2D eigenvalue weighted by Crippen LogP contribution is -2.40. The Morgan fingerprint density at radius 3 is 2.45 bits per heavy atom. The van der Waals surface area contributed by atoms with Gasteiger partial charge >= 0.3 is 5.97 Å². The minimum atomic E-state index is -0.841. The Bertz CT molecular complexity index is 1600. The molecule has 0 spiro atoms. The van der Waals surface area contributed by atoms with E-state index < -0.39 is 12.0 Å². The number of nitrogens with zero attached hydrogens (tertiary/aromatic N) is 3. The van der Waals surface area contributed by atoms with Gasteiger partial charge in [-0.3, -0.25) is 9.36 Å². The van der Waals surface area contributed by atoms with Crippen molar-refractivity contribution in [2.24, 2.45) is 4.99 Å². The summed E-state index contributed by atoms with van der Waals surface area (Å²) in [6.07, 6.45) is 1.70. The van der Waals surface area contributed by atoms with Gasteiger partial charge in [-0.1, -0.05) is 11.3 Å². The number of allylic oxidation sites excluding steroid dienone is 1. The van der Waals surface area contributed by atoms with Crippen molar-refractivity contribution in [2.45, 2.75) is 19.9 Å². The summed E-state index contributed by atoms with van der Waals surface area (Å²) < 4.78 is 35.4. The Morgan fingerprint density at radius 1 is 1.12 bits per heavy atom. The Labute approximate surface area is 234 Å². The van der Waals surface area contributed by atoms with Gasteiger partial charge in [-0.25, -0.2) is 9.79 Å². The molecule has 2 aliphatic heterocycles. The van der Waals surface area contributed by atoms with Crippen LogP contribution in [0.2, 0.25) is 0 Å². The number of hydrogen-bond donors (Lipinski definition) is 0. The lowest BCUT2D eigenvalue weighted by Gasteiger charge is -2.26. The van der Waals surface area contributed by atoms with Crippen LogP contribution in [-0.2, 0) is 14.3 Å². The zero-order chi connectivity index (χ0) is 28.4. The molecule has 0 bridgehead atoms. The Balaban J connectivity index is 1.67. The number of ether oxygens (including phenoxy) is 5. The molecule has 11 nitrogen and oxygen atoms in total. The third-order valence-electron chi connectivity index (χ3n) is 6.73. The minimum absolute atomic E-state index is 0.173. The molecular formula is C28H31N3O8S. The quantitative estimate of drug-likeness (QED) is 0.377. The van der Waals surface area contributed by atoms with Crippen molar-refractivity contribution in [3.05, 3.63) is 66.5 Å². The molecule has 1 aromatic carbocycles. The number of esters is 1. The average Bonchev–Trinajstić information content (AvgIpc) is 3.56. The van der Waals surface area contributed by atoms with Crippen LogP contribution in [0.15, 0.2) is 49.7 Å². The predicted molar refractivity (Wildman–Crippen MR) is 148 cm³/mol. The van der Waals surface area contributed by atoms with Crippen LogP contribution in [0.3, 0.4) is 0 Å². The summed E-state index contributed by atoms with van der Waals surface area (Å²) in [6, 6.07) is 6.32. The molecule has 212 valence electrons. The summed E-state index contributed by atoms with van der Waals surface area (Å²) in [5.74, 6) is 1.88.